The SMILES string of the molecule is CN1CCN(CCCc2ccc(-c3ccc(Cl)c(F)c3)cc2)CC1. The minimum atomic E-state index is -0.370. The van der Waals surface area contributed by atoms with Gasteiger partial charge in [0.15, 0.2) is 0 Å². The van der Waals surface area contributed by atoms with Gasteiger partial charge in [-0.25, -0.2) is 4.39 Å². The van der Waals surface area contributed by atoms with Crippen LogP contribution in [-0.2, 0) is 6.42 Å². The van der Waals surface area contributed by atoms with Crippen molar-refractivity contribution in [2.24, 2.45) is 0 Å². The lowest BCUT2D eigenvalue weighted by Crippen LogP contribution is -2.44. The lowest BCUT2D eigenvalue weighted by Gasteiger charge is -2.32. The van der Waals surface area contributed by atoms with Gasteiger partial charge in [-0.05, 0) is 55.3 Å². The van der Waals surface area contributed by atoms with Crippen LogP contribution < -0.4 is 0 Å². The average Bonchev–Trinajstić information content (AvgIpc) is 2.60. The third-order valence-electron chi connectivity index (χ3n) is 4.74. The van der Waals surface area contributed by atoms with E-state index in [1.165, 1.54) is 44.2 Å². The zero-order valence-corrected chi connectivity index (χ0v) is 14.9. The van der Waals surface area contributed by atoms with E-state index in [0.29, 0.717) is 0 Å². The molecule has 0 saturated carbocycles. The van der Waals surface area contributed by atoms with Crippen molar-refractivity contribution < 1.29 is 4.39 Å². The van der Waals surface area contributed by atoms with Gasteiger partial charge in [0.1, 0.15) is 5.82 Å². The summed E-state index contributed by atoms with van der Waals surface area (Å²) in [6.45, 7) is 5.87. The lowest BCUT2D eigenvalue weighted by molar-refractivity contribution is 0.153. The molecule has 0 amide bonds. The predicted octanol–water partition coefficient (Wildman–Crippen LogP) is 4.33. The molecule has 0 unspecified atom stereocenters. The van der Waals surface area contributed by atoms with E-state index in [2.05, 4.69) is 41.1 Å². The maximum atomic E-state index is 13.6. The Morgan fingerprint density at radius 2 is 1.62 bits per heavy atom. The zero-order chi connectivity index (χ0) is 16.9. The summed E-state index contributed by atoms with van der Waals surface area (Å²) < 4.78 is 13.6. The summed E-state index contributed by atoms with van der Waals surface area (Å²) in [5.74, 6) is -0.370. The van der Waals surface area contributed by atoms with Crippen molar-refractivity contribution in [3.05, 3.63) is 58.9 Å². The van der Waals surface area contributed by atoms with Crippen molar-refractivity contribution in [1.29, 1.82) is 0 Å². The van der Waals surface area contributed by atoms with Crippen LogP contribution in [0.15, 0.2) is 42.5 Å². The van der Waals surface area contributed by atoms with Crippen LogP contribution in [0.25, 0.3) is 11.1 Å². The van der Waals surface area contributed by atoms with E-state index in [1.54, 1.807) is 6.07 Å². The maximum Gasteiger partial charge on any atom is 0.142 e. The molecule has 128 valence electrons. The number of piperazine rings is 1. The van der Waals surface area contributed by atoms with Crippen molar-refractivity contribution in [2.75, 3.05) is 39.8 Å². The van der Waals surface area contributed by atoms with Crippen LogP contribution in [0, 0.1) is 5.82 Å². The molecule has 3 rings (SSSR count). The lowest BCUT2D eigenvalue weighted by atomic mass is 10.0. The summed E-state index contributed by atoms with van der Waals surface area (Å²) >= 11 is 5.74. The Bertz CT molecular complexity index is 664. The van der Waals surface area contributed by atoms with Crippen molar-refractivity contribution in [1.82, 2.24) is 9.80 Å². The Balaban J connectivity index is 1.52. The van der Waals surface area contributed by atoms with Gasteiger partial charge in [-0.2, -0.15) is 0 Å². The van der Waals surface area contributed by atoms with E-state index in [1.807, 2.05) is 6.07 Å². The molecule has 0 atom stereocenters. The monoisotopic (exact) mass is 346 g/mol. The number of hydrogen-bond donors (Lipinski definition) is 0. The van der Waals surface area contributed by atoms with E-state index in [9.17, 15) is 4.39 Å². The van der Waals surface area contributed by atoms with Gasteiger partial charge < -0.3 is 9.80 Å². The molecule has 0 radical (unpaired) electrons. The fourth-order valence-corrected chi connectivity index (χ4v) is 3.24. The largest absolute Gasteiger partial charge is 0.304 e. The molecule has 0 aliphatic carbocycles. The summed E-state index contributed by atoms with van der Waals surface area (Å²) in [5.41, 5.74) is 3.22. The molecule has 0 aromatic heterocycles. The summed E-state index contributed by atoms with van der Waals surface area (Å²) in [7, 11) is 2.19. The molecular formula is C20H24ClFN2. The normalized spacial score (nSPS) is 16.5. The fraction of sp³-hybridized carbons (Fsp3) is 0.400. The van der Waals surface area contributed by atoms with Crippen LogP contribution in [0.3, 0.4) is 0 Å². The van der Waals surface area contributed by atoms with Gasteiger partial charge in [-0.1, -0.05) is 41.9 Å². The highest BCUT2D eigenvalue weighted by Gasteiger charge is 2.12. The molecule has 24 heavy (non-hydrogen) atoms. The third kappa shape index (κ3) is 4.56. The first-order valence-corrected chi connectivity index (χ1v) is 8.95. The molecule has 1 saturated heterocycles. The molecule has 1 aliphatic rings. The first-order valence-electron chi connectivity index (χ1n) is 8.57. The second kappa shape index (κ2) is 8.11. The number of rotatable bonds is 5. The molecule has 1 heterocycles. The van der Waals surface area contributed by atoms with Crippen LogP contribution >= 0.6 is 11.6 Å². The van der Waals surface area contributed by atoms with E-state index >= 15 is 0 Å². The number of aryl methyl sites for hydroxylation is 1. The smallest absolute Gasteiger partial charge is 0.142 e. The Morgan fingerprint density at radius 1 is 0.958 bits per heavy atom. The van der Waals surface area contributed by atoms with Gasteiger partial charge in [-0.15, -0.1) is 0 Å². The van der Waals surface area contributed by atoms with E-state index in [4.69, 9.17) is 11.6 Å². The van der Waals surface area contributed by atoms with Gasteiger partial charge in [-0.3, -0.25) is 0 Å². The van der Waals surface area contributed by atoms with E-state index in [0.717, 1.165) is 24.1 Å². The highest BCUT2D eigenvalue weighted by Crippen LogP contribution is 2.24. The minimum Gasteiger partial charge on any atom is -0.304 e. The Morgan fingerprint density at radius 3 is 2.29 bits per heavy atom. The molecular weight excluding hydrogens is 323 g/mol. The number of nitrogens with zero attached hydrogens (tertiary/aromatic N) is 2. The van der Waals surface area contributed by atoms with Crippen molar-refractivity contribution >= 4 is 11.6 Å². The van der Waals surface area contributed by atoms with Crippen LogP contribution in [0.4, 0.5) is 4.39 Å². The predicted molar refractivity (Wildman–Crippen MR) is 99.1 cm³/mol. The molecule has 0 bridgehead atoms. The average molecular weight is 347 g/mol. The molecule has 2 nitrogen and oxygen atoms in total. The van der Waals surface area contributed by atoms with Gasteiger partial charge >= 0.3 is 0 Å². The van der Waals surface area contributed by atoms with Crippen LogP contribution in [0.5, 0.6) is 0 Å². The van der Waals surface area contributed by atoms with Crippen molar-refractivity contribution in [3.63, 3.8) is 0 Å². The van der Waals surface area contributed by atoms with Gasteiger partial charge in [0.2, 0.25) is 0 Å². The summed E-state index contributed by atoms with van der Waals surface area (Å²) in [4.78, 5) is 4.93. The second-order valence-corrected chi connectivity index (χ2v) is 6.98. The molecule has 2 aromatic carbocycles. The van der Waals surface area contributed by atoms with Crippen LogP contribution in [0.1, 0.15) is 12.0 Å². The van der Waals surface area contributed by atoms with Crippen LogP contribution in [0.2, 0.25) is 5.02 Å². The van der Waals surface area contributed by atoms with E-state index in [-0.39, 0.29) is 10.8 Å². The quantitative estimate of drug-likeness (QED) is 0.795. The Hall–Kier alpha value is -1.42. The first kappa shape index (κ1) is 17.4. The zero-order valence-electron chi connectivity index (χ0n) is 14.1. The van der Waals surface area contributed by atoms with E-state index < -0.39 is 0 Å². The fourth-order valence-electron chi connectivity index (χ4n) is 3.12. The molecule has 2 aromatic rings. The number of hydrogen-bond acceptors (Lipinski definition) is 2. The number of benzene rings is 2. The summed E-state index contributed by atoms with van der Waals surface area (Å²) in [6.07, 6.45) is 2.26. The van der Waals surface area contributed by atoms with Gasteiger partial charge in [0, 0.05) is 26.2 Å². The maximum absolute atomic E-state index is 13.6. The Kier molecular flexibility index (Phi) is 5.88. The minimum absolute atomic E-state index is 0.166. The topological polar surface area (TPSA) is 6.48 Å². The third-order valence-corrected chi connectivity index (χ3v) is 5.05. The molecule has 0 spiro atoms. The van der Waals surface area contributed by atoms with Crippen LogP contribution in [-0.4, -0.2) is 49.6 Å². The number of halogens is 2. The summed E-state index contributed by atoms with van der Waals surface area (Å²) in [6, 6.07) is 13.4. The summed E-state index contributed by atoms with van der Waals surface area (Å²) in [5, 5.41) is 0.166. The molecule has 4 heteroatoms. The first-order chi connectivity index (χ1) is 11.6. The second-order valence-electron chi connectivity index (χ2n) is 6.57. The standard InChI is InChI=1S/C20H24ClFN2/c1-23-11-13-24(14-12-23)10-2-3-16-4-6-17(7-5-16)18-8-9-19(21)20(22)15-18/h4-9,15H,2-3,10-14H2,1H3. The molecule has 1 aliphatic heterocycles. The highest BCUT2D eigenvalue weighted by atomic mass is 35.5. The van der Waals surface area contributed by atoms with Crippen molar-refractivity contribution in [2.45, 2.75) is 12.8 Å². The van der Waals surface area contributed by atoms with Gasteiger partial charge in [0.25, 0.3) is 0 Å². The molecule has 1 fully saturated rings. The molecule has 0 N–H and O–H groups in total. The van der Waals surface area contributed by atoms with Crippen molar-refractivity contribution in [3.8, 4) is 11.1 Å². The highest BCUT2D eigenvalue weighted by molar-refractivity contribution is 6.30. The van der Waals surface area contributed by atoms with Gasteiger partial charge in [0.05, 0.1) is 5.02 Å². The number of likely N-dealkylation sites (N-methyl/N-ethyl adjacent to an activating group) is 1. The Labute approximate surface area is 148 Å².